The summed E-state index contributed by atoms with van der Waals surface area (Å²) in [5, 5.41) is 3.32. The van der Waals surface area contributed by atoms with Gasteiger partial charge in [-0.2, -0.15) is 0 Å². The highest BCUT2D eigenvalue weighted by molar-refractivity contribution is 5.76. The Balaban J connectivity index is 1.75. The van der Waals surface area contributed by atoms with E-state index < -0.39 is 0 Å². The first-order chi connectivity index (χ1) is 9.70. The van der Waals surface area contributed by atoms with Crippen molar-refractivity contribution in [3.05, 3.63) is 28.7 Å². The van der Waals surface area contributed by atoms with E-state index in [0.717, 1.165) is 26.1 Å². The van der Waals surface area contributed by atoms with Crippen molar-refractivity contribution in [1.82, 2.24) is 14.8 Å². The molecular weight excluding hydrogens is 258 g/mol. The maximum atomic E-state index is 12.4. The van der Waals surface area contributed by atoms with Gasteiger partial charge in [-0.05, 0) is 24.5 Å². The summed E-state index contributed by atoms with van der Waals surface area (Å²) in [7, 11) is 1.46. The van der Waals surface area contributed by atoms with Gasteiger partial charge in [0, 0.05) is 31.9 Å². The molecule has 1 aromatic heterocycles. The van der Waals surface area contributed by atoms with Crippen LogP contribution in [0.1, 0.15) is 6.42 Å². The second-order valence-electron chi connectivity index (χ2n) is 5.37. The summed E-state index contributed by atoms with van der Waals surface area (Å²) < 4.78 is 6.41. The molecule has 3 heterocycles. The van der Waals surface area contributed by atoms with Crippen LogP contribution in [0.5, 0.6) is 5.75 Å². The van der Waals surface area contributed by atoms with Crippen LogP contribution in [0.2, 0.25) is 0 Å². The summed E-state index contributed by atoms with van der Waals surface area (Å²) in [5.74, 6) is 0.847. The lowest BCUT2D eigenvalue weighted by molar-refractivity contribution is -0.132. The highest BCUT2D eigenvalue weighted by atomic mass is 16.5. The average Bonchev–Trinajstić information content (AvgIpc) is 3.03. The van der Waals surface area contributed by atoms with Gasteiger partial charge in [-0.25, -0.2) is 0 Å². The predicted molar refractivity (Wildman–Crippen MR) is 73.7 cm³/mol. The summed E-state index contributed by atoms with van der Waals surface area (Å²) in [4.78, 5) is 26.4. The number of likely N-dealkylation sites (tertiary alicyclic amines) is 1. The van der Waals surface area contributed by atoms with E-state index in [-0.39, 0.29) is 23.8 Å². The highest BCUT2D eigenvalue weighted by Crippen LogP contribution is 2.27. The molecule has 3 rings (SSSR count). The molecule has 0 spiro atoms. The van der Waals surface area contributed by atoms with E-state index in [0.29, 0.717) is 12.0 Å². The first-order valence-corrected chi connectivity index (χ1v) is 6.94. The third-order valence-corrected chi connectivity index (χ3v) is 4.28. The van der Waals surface area contributed by atoms with Crippen LogP contribution in [-0.4, -0.2) is 48.2 Å². The third kappa shape index (κ3) is 2.20. The number of methoxy groups -OCH3 is 1. The van der Waals surface area contributed by atoms with E-state index in [1.54, 1.807) is 18.3 Å². The van der Waals surface area contributed by atoms with Crippen LogP contribution in [-0.2, 0) is 11.3 Å². The van der Waals surface area contributed by atoms with Crippen molar-refractivity contribution in [1.29, 1.82) is 0 Å². The fourth-order valence-electron chi connectivity index (χ4n) is 3.19. The molecule has 0 saturated carbocycles. The lowest BCUT2D eigenvalue weighted by Crippen LogP contribution is -2.42. The summed E-state index contributed by atoms with van der Waals surface area (Å²) in [6.07, 6.45) is 2.68. The molecule has 0 radical (unpaired) electrons. The number of carbonyl (C=O) groups excluding carboxylic acids is 1. The van der Waals surface area contributed by atoms with Gasteiger partial charge in [-0.1, -0.05) is 0 Å². The van der Waals surface area contributed by atoms with Crippen molar-refractivity contribution in [2.75, 3.05) is 26.7 Å². The van der Waals surface area contributed by atoms with Crippen LogP contribution < -0.4 is 15.6 Å². The Kier molecular flexibility index (Phi) is 3.48. The van der Waals surface area contributed by atoms with Crippen LogP contribution in [0.25, 0.3) is 0 Å². The summed E-state index contributed by atoms with van der Waals surface area (Å²) in [6.45, 7) is 2.74. The summed E-state index contributed by atoms with van der Waals surface area (Å²) in [6, 6.07) is 3.62. The number of pyridine rings is 1. The Bertz CT molecular complexity index is 569. The normalized spacial score (nSPS) is 24.8. The summed E-state index contributed by atoms with van der Waals surface area (Å²) >= 11 is 0. The molecule has 0 aromatic carbocycles. The maximum Gasteiger partial charge on any atom is 0.293 e. The third-order valence-electron chi connectivity index (χ3n) is 4.28. The monoisotopic (exact) mass is 277 g/mol. The molecular formula is C14H19N3O3. The van der Waals surface area contributed by atoms with Gasteiger partial charge in [0.05, 0.1) is 7.11 Å². The number of aromatic nitrogens is 1. The van der Waals surface area contributed by atoms with E-state index in [1.807, 2.05) is 4.90 Å². The molecule has 2 fully saturated rings. The summed E-state index contributed by atoms with van der Waals surface area (Å²) in [5.41, 5.74) is -0.261. The maximum absolute atomic E-state index is 12.4. The molecule has 2 atom stereocenters. The van der Waals surface area contributed by atoms with Crippen molar-refractivity contribution in [3.63, 3.8) is 0 Å². The van der Waals surface area contributed by atoms with Gasteiger partial charge in [0.1, 0.15) is 6.54 Å². The number of ether oxygens (including phenoxy) is 1. The average molecular weight is 277 g/mol. The molecule has 108 valence electrons. The van der Waals surface area contributed by atoms with E-state index in [9.17, 15) is 9.59 Å². The van der Waals surface area contributed by atoms with Crippen LogP contribution in [0, 0.1) is 5.92 Å². The number of carbonyl (C=O) groups is 1. The molecule has 0 unspecified atom stereocenters. The van der Waals surface area contributed by atoms with Crippen LogP contribution in [0.15, 0.2) is 23.1 Å². The number of hydrogen-bond acceptors (Lipinski definition) is 4. The van der Waals surface area contributed by atoms with Gasteiger partial charge in [0.25, 0.3) is 5.56 Å². The lowest BCUT2D eigenvalue weighted by Gasteiger charge is -2.23. The number of fused-ring (bicyclic) bond motifs is 1. The number of nitrogens with one attached hydrogen (secondary N) is 1. The van der Waals surface area contributed by atoms with Gasteiger partial charge < -0.3 is 19.5 Å². The molecule has 0 aliphatic carbocycles. The Morgan fingerprint density at radius 3 is 3.15 bits per heavy atom. The molecule has 1 amide bonds. The zero-order valence-corrected chi connectivity index (χ0v) is 11.5. The van der Waals surface area contributed by atoms with Crippen molar-refractivity contribution in [2.24, 2.45) is 5.92 Å². The minimum Gasteiger partial charge on any atom is -0.491 e. The minimum atomic E-state index is -0.261. The molecule has 2 saturated heterocycles. The highest BCUT2D eigenvalue weighted by Gasteiger charge is 2.39. The Morgan fingerprint density at radius 1 is 1.50 bits per heavy atom. The van der Waals surface area contributed by atoms with Crippen LogP contribution in [0.3, 0.4) is 0 Å². The Labute approximate surface area is 117 Å². The first kappa shape index (κ1) is 13.2. The van der Waals surface area contributed by atoms with Gasteiger partial charge in [-0.15, -0.1) is 0 Å². The molecule has 6 heteroatoms. The minimum absolute atomic E-state index is 0.0107. The fourth-order valence-corrected chi connectivity index (χ4v) is 3.19. The SMILES string of the molecule is COc1cccn(CC(=O)N2CC[C@H]3CNC[C@H]32)c1=O. The fraction of sp³-hybridized carbons (Fsp3) is 0.571. The Hall–Kier alpha value is -1.82. The number of nitrogens with zero attached hydrogens (tertiary/aromatic N) is 2. The first-order valence-electron chi connectivity index (χ1n) is 6.94. The second kappa shape index (κ2) is 5.28. The molecule has 2 aliphatic heterocycles. The van der Waals surface area contributed by atoms with Crippen molar-refractivity contribution < 1.29 is 9.53 Å². The molecule has 1 N–H and O–H groups in total. The van der Waals surface area contributed by atoms with Crippen molar-refractivity contribution >= 4 is 5.91 Å². The van der Waals surface area contributed by atoms with Crippen molar-refractivity contribution in [2.45, 2.75) is 19.0 Å². The largest absolute Gasteiger partial charge is 0.491 e. The second-order valence-corrected chi connectivity index (χ2v) is 5.37. The molecule has 20 heavy (non-hydrogen) atoms. The smallest absolute Gasteiger partial charge is 0.293 e. The molecule has 1 aromatic rings. The molecule has 2 aliphatic rings. The number of rotatable bonds is 3. The predicted octanol–water partition coefficient (Wildman–Crippen LogP) is -0.323. The van der Waals surface area contributed by atoms with Gasteiger partial charge >= 0.3 is 0 Å². The molecule has 6 nitrogen and oxygen atoms in total. The van der Waals surface area contributed by atoms with E-state index in [4.69, 9.17) is 4.74 Å². The quantitative estimate of drug-likeness (QED) is 0.822. The topological polar surface area (TPSA) is 63.6 Å². The number of amides is 1. The lowest BCUT2D eigenvalue weighted by atomic mass is 10.1. The van der Waals surface area contributed by atoms with Crippen LogP contribution >= 0.6 is 0 Å². The van der Waals surface area contributed by atoms with E-state index in [1.165, 1.54) is 11.7 Å². The molecule has 0 bridgehead atoms. The van der Waals surface area contributed by atoms with Gasteiger partial charge in [0.2, 0.25) is 5.91 Å². The standard InChI is InChI=1S/C14H19N3O3/c1-20-12-3-2-5-16(14(12)19)9-13(18)17-6-4-10-7-15-8-11(10)17/h2-3,5,10-11,15H,4,6-9H2,1H3/t10-,11+/m0/s1. The number of hydrogen-bond donors (Lipinski definition) is 1. The van der Waals surface area contributed by atoms with Gasteiger partial charge in [-0.3, -0.25) is 9.59 Å². The Morgan fingerprint density at radius 2 is 2.35 bits per heavy atom. The van der Waals surface area contributed by atoms with Gasteiger partial charge in [0.15, 0.2) is 5.75 Å². The zero-order chi connectivity index (χ0) is 14.1. The van der Waals surface area contributed by atoms with E-state index in [2.05, 4.69) is 5.32 Å². The zero-order valence-electron chi connectivity index (χ0n) is 11.5. The van der Waals surface area contributed by atoms with Crippen molar-refractivity contribution in [3.8, 4) is 5.75 Å². The van der Waals surface area contributed by atoms with E-state index >= 15 is 0 Å². The van der Waals surface area contributed by atoms with Crippen LogP contribution in [0.4, 0.5) is 0 Å².